The van der Waals surface area contributed by atoms with Gasteiger partial charge in [-0.25, -0.2) is 18.8 Å². The van der Waals surface area contributed by atoms with E-state index >= 15 is 0 Å². The molecule has 1 fully saturated rings. The van der Waals surface area contributed by atoms with E-state index in [1.54, 1.807) is 6.92 Å². The van der Waals surface area contributed by atoms with Gasteiger partial charge in [0.15, 0.2) is 6.23 Å². The number of H-pyrrole nitrogens is 1. The molecule has 0 bridgehead atoms. The van der Waals surface area contributed by atoms with Gasteiger partial charge in [0.1, 0.15) is 24.9 Å². The number of nitrogens with one attached hydrogen (secondary N) is 2. The summed E-state index contributed by atoms with van der Waals surface area (Å²) in [7, 11) is -4.76. The smallest absolute Gasteiger partial charge is 0.403 e. The van der Waals surface area contributed by atoms with Crippen LogP contribution in [-0.4, -0.2) is 67.9 Å². The van der Waals surface area contributed by atoms with E-state index in [1.807, 2.05) is 10.1 Å². The van der Waals surface area contributed by atoms with Gasteiger partial charge in [-0.05, 0) is 13.3 Å². The van der Waals surface area contributed by atoms with Gasteiger partial charge >= 0.3 is 19.4 Å². The number of ether oxygens (including phenoxy) is 2. The number of carbonyl (C=O) groups is 1. The summed E-state index contributed by atoms with van der Waals surface area (Å²) in [5, 5.41) is 22.0. The van der Waals surface area contributed by atoms with Gasteiger partial charge in [0.05, 0.1) is 6.61 Å². The summed E-state index contributed by atoms with van der Waals surface area (Å²) in [4.78, 5) is 46.3. The maximum atomic E-state index is 15.0. The molecule has 0 spiro atoms. The number of halogens is 1. The molecular formula is C15H23FN3O10P. The maximum Gasteiger partial charge on any atom is 0.403 e. The fraction of sp³-hybridized carbons (Fsp3) is 0.667. The van der Waals surface area contributed by atoms with E-state index in [0.29, 0.717) is 11.0 Å². The van der Waals surface area contributed by atoms with Gasteiger partial charge in [0.25, 0.3) is 11.4 Å². The minimum absolute atomic E-state index is 0.0957. The predicted octanol–water partition coefficient (Wildman–Crippen LogP) is -1.50. The van der Waals surface area contributed by atoms with Crippen molar-refractivity contribution in [1.29, 1.82) is 0 Å². The Morgan fingerprint density at radius 2 is 2.17 bits per heavy atom. The second kappa shape index (κ2) is 9.47. The molecule has 15 heteroatoms. The zero-order valence-corrected chi connectivity index (χ0v) is 17.0. The number of nitrogens with zero attached hydrogens (tertiary/aromatic N) is 1. The molecule has 0 radical (unpaired) electrons. The first-order valence-corrected chi connectivity index (χ1v) is 10.4. The van der Waals surface area contributed by atoms with Gasteiger partial charge in [-0.3, -0.25) is 23.7 Å². The molecule has 5 N–H and O–H groups in total. The van der Waals surface area contributed by atoms with Crippen LogP contribution in [0.1, 0.15) is 26.5 Å². The first-order valence-electron chi connectivity index (χ1n) is 8.86. The Labute approximate surface area is 169 Å². The van der Waals surface area contributed by atoms with Crippen LogP contribution in [0.15, 0.2) is 21.9 Å². The highest BCUT2D eigenvalue weighted by Gasteiger charge is 2.57. The van der Waals surface area contributed by atoms with E-state index in [-0.39, 0.29) is 6.61 Å². The maximum absolute atomic E-state index is 15.0. The third-order valence-electron chi connectivity index (χ3n) is 4.09. The van der Waals surface area contributed by atoms with Crippen LogP contribution in [0, 0.1) is 0 Å². The number of hydrogen-bond acceptors (Lipinski definition) is 9. The average Bonchev–Trinajstić information content (AvgIpc) is 2.89. The molecule has 1 aliphatic rings. The SMILES string of the molecule is CCCOC(=O)[C@H](C)NP(=O)(O)OC[C@@]1(F)O[C@@H](n2ccc(=O)[nH]c2=O)[C@H](O)[C@@H]1O. The highest BCUT2D eigenvalue weighted by molar-refractivity contribution is 7.50. The molecule has 1 saturated heterocycles. The zero-order chi connectivity index (χ0) is 22.7. The molecule has 0 aliphatic carbocycles. The van der Waals surface area contributed by atoms with E-state index in [9.17, 15) is 38.4 Å². The summed E-state index contributed by atoms with van der Waals surface area (Å²) < 4.78 is 42.0. The van der Waals surface area contributed by atoms with Crippen LogP contribution in [0.2, 0.25) is 0 Å². The lowest BCUT2D eigenvalue weighted by Gasteiger charge is -2.25. The normalized spacial score (nSPS) is 29.3. The van der Waals surface area contributed by atoms with E-state index in [2.05, 4.69) is 4.52 Å². The first-order chi connectivity index (χ1) is 13.9. The predicted molar refractivity (Wildman–Crippen MR) is 96.9 cm³/mol. The van der Waals surface area contributed by atoms with Crippen LogP contribution >= 0.6 is 7.75 Å². The van der Waals surface area contributed by atoms with Gasteiger partial charge in [-0.15, -0.1) is 0 Å². The molecular weight excluding hydrogens is 432 g/mol. The van der Waals surface area contributed by atoms with Crippen molar-refractivity contribution in [3.8, 4) is 0 Å². The molecule has 0 saturated carbocycles. The number of aromatic nitrogens is 2. The number of aliphatic hydroxyl groups is 2. The van der Waals surface area contributed by atoms with Crippen molar-refractivity contribution in [2.75, 3.05) is 13.2 Å². The van der Waals surface area contributed by atoms with Crippen LogP contribution < -0.4 is 16.3 Å². The van der Waals surface area contributed by atoms with Gasteiger partial charge in [0, 0.05) is 12.3 Å². The van der Waals surface area contributed by atoms with Crippen molar-refractivity contribution in [1.82, 2.24) is 14.6 Å². The zero-order valence-electron chi connectivity index (χ0n) is 16.1. The van der Waals surface area contributed by atoms with Crippen molar-refractivity contribution in [2.45, 2.75) is 50.6 Å². The number of hydrogen-bond donors (Lipinski definition) is 5. The highest BCUT2D eigenvalue weighted by Crippen LogP contribution is 2.43. The van der Waals surface area contributed by atoms with Crippen LogP contribution in [0.4, 0.5) is 4.39 Å². The Balaban J connectivity index is 2.06. The van der Waals surface area contributed by atoms with E-state index in [0.717, 1.165) is 12.3 Å². The van der Waals surface area contributed by atoms with E-state index < -0.39 is 61.9 Å². The molecule has 2 heterocycles. The van der Waals surface area contributed by atoms with Crippen molar-refractivity contribution in [2.24, 2.45) is 0 Å². The summed E-state index contributed by atoms with van der Waals surface area (Å²) in [5.74, 6) is -4.03. The monoisotopic (exact) mass is 455 g/mol. The Morgan fingerprint density at radius 1 is 1.50 bits per heavy atom. The lowest BCUT2D eigenvalue weighted by molar-refractivity contribution is -0.204. The summed E-state index contributed by atoms with van der Waals surface area (Å²) in [6, 6.07) is -0.362. The molecule has 30 heavy (non-hydrogen) atoms. The highest BCUT2D eigenvalue weighted by atomic mass is 31.2. The molecule has 1 aromatic rings. The molecule has 1 unspecified atom stereocenters. The third kappa shape index (κ3) is 5.60. The van der Waals surface area contributed by atoms with Crippen LogP contribution in [-0.2, 0) is 23.4 Å². The number of carbonyl (C=O) groups excluding carboxylic acids is 1. The van der Waals surface area contributed by atoms with Crippen LogP contribution in [0.5, 0.6) is 0 Å². The van der Waals surface area contributed by atoms with Crippen molar-refractivity contribution < 1.29 is 42.9 Å². The van der Waals surface area contributed by atoms with Crippen molar-refractivity contribution in [3.05, 3.63) is 33.1 Å². The minimum atomic E-state index is -4.76. The minimum Gasteiger partial charge on any atom is -0.465 e. The summed E-state index contributed by atoms with van der Waals surface area (Å²) >= 11 is 0. The van der Waals surface area contributed by atoms with Crippen molar-refractivity contribution in [3.63, 3.8) is 0 Å². The summed E-state index contributed by atoms with van der Waals surface area (Å²) in [6.07, 6.45) is -4.56. The fourth-order valence-corrected chi connectivity index (χ4v) is 3.58. The van der Waals surface area contributed by atoms with E-state index in [1.165, 1.54) is 6.92 Å². The number of aromatic amines is 1. The Morgan fingerprint density at radius 3 is 2.77 bits per heavy atom. The van der Waals surface area contributed by atoms with Gasteiger partial charge in [-0.1, -0.05) is 6.92 Å². The van der Waals surface area contributed by atoms with Gasteiger partial charge < -0.3 is 24.6 Å². The standard InChI is InChI=1S/C15H23FN3O10P/c1-3-6-27-13(23)8(2)18-30(25,26)28-7-15(16)11(22)10(21)12(29-15)19-5-4-9(20)17-14(19)24/h4-5,8,10-12,21-22H,3,6-7H2,1-2H3,(H,17,20,24)(H2,18,25,26)/t8-,10+,11-,12+,15+/m0/s1. The topological polar surface area (TPSA) is 189 Å². The van der Waals surface area contributed by atoms with Crippen LogP contribution in [0.25, 0.3) is 0 Å². The lowest BCUT2D eigenvalue weighted by Crippen LogP contribution is -2.43. The Kier molecular flexibility index (Phi) is 7.69. The number of rotatable bonds is 9. The average molecular weight is 455 g/mol. The fourth-order valence-electron chi connectivity index (χ4n) is 2.56. The van der Waals surface area contributed by atoms with Crippen LogP contribution in [0.3, 0.4) is 0 Å². The number of aliphatic hydroxyl groups excluding tert-OH is 2. The third-order valence-corrected chi connectivity index (χ3v) is 5.29. The van der Waals surface area contributed by atoms with Gasteiger partial charge in [0.2, 0.25) is 0 Å². The molecule has 1 aliphatic heterocycles. The summed E-state index contributed by atoms with van der Waals surface area (Å²) in [5.41, 5.74) is -1.80. The first kappa shape index (κ1) is 24.3. The molecule has 0 amide bonds. The van der Waals surface area contributed by atoms with Crippen molar-refractivity contribution >= 4 is 13.7 Å². The second-order valence-corrected chi connectivity index (χ2v) is 8.12. The number of esters is 1. The molecule has 2 rings (SSSR count). The second-order valence-electron chi connectivity index (χ2n) is 6.56. The van der Waals surface area contributed by atoms with Gasteiger partial charge in [-0.2, -0.15) is 0 Å². The Bertz CT molecular complexity index is 922. The van der Waals surface area contributed by atoms with E-state index in [4.69, 9.17) is 9.47 Å². The summed E-state index contributed by atoms with van der Waals surface area (Å²) in [6.45, 7) is 1.73. The molecule has 1 aromatic heterocycles. The number of alkyl halides is 1. The molecule has 170 valence electrons. The molecule has 0 aromatic carbocycles. The largest absolute Gasteiger partial charge is 0.465 e. The Hall–Kier alpha value is -1.93. The molecule has 13 nitrogen and oxygen atoms in total. The lowest BCUT2D eigenvalue weighted by atomic mass is 10.1. The molecule has 6 atom stereocenters. The quantitative estimate of drug-likeness (QED) is 0.215.